The van der Waals surface area contributed by atoms with E-state index in [1.165, 1.54) is 0 Å². The number of hydrogen-bond acceptors (Lipinski definition) is 8. The van der Waals surface area contributed by atoms with Gasteiger partial charge in [0, 0.05) is 32.5 Å². The number of nitrogens with zero attached hydrogens (tertiary/aromatic N) is 7. The number of carbonyl (C=O) groups is 1. The highest BCUT2D eigenvalue weighted by Crippen LogP contribution is 2.21. The number of amides is 1. The minimum atomic E-state index is -0.217. The zero-order valence-corrected chi connectivity index (χ0v) is 17.1. The zero-order chi connectivity index (χ0) is 21.1. The van der Waals surface area contributed by atoms with Gasteiger partial charge >= 0.3 is 0 Å². The summed E-state index contributed by atoms with van der Waals surface area (Å²) in [6, 6.07) is 3.52. The van der Waals surface area contributed by atoms with Crippen molar-refractivity contribution < 1.29 is 14.3 Å². The fraction of sp³-hybridized carbons (Fsp3) is 0.400. The van der Waals surface area contributed by atoms with Crippen LogP contribution in [-0.4, -0.2) is 73.9 Å². The summed E-state index contributed by atoms with van der Waals surface area (Å²) in [6.45, 7) is 3.07. The second-order valence-corrected chi connectivity index (χ2v) is 7.00. The first-order chi connectivity index (χ1) is 14.6. The topological polar surface area (TPSA) is 108 Å². The number of hydrogen-bond donors (Lipinski definition) is 0. The average molecular weight is 409 g/mol. The molecule has 4 rings (SSSR count). The summed E-state index contributed by atoms with van der Waals surface area (Å²) in [5.41, 5.74) is 1.94. The molecule has 1 aliphatic heterocycles. The molecule has 30 heavy (non-hydrogen) atoms. The van der Waals surface area contributed by atoms with Crippen LogP contribution in [-0.2, 0) is 4.74 Å². The van der Waals surface area contributed by atoms with Crippen LogP contribution in [0.3, 0.4) is 0 Å². The zero-order valence-electron chi connectivity index (χ0n) is 17.1. The Kier molecular flexibility index (Phi) is 5.66. The van der Waals surface area contributed by atoms with Gasteiger partial charge in [-0.1, -0.05) is 0 Å². The Balaban J connectivity index is 1.70. The van der Waals surface area contributed by atoms with Crippen LogP contribution in [0.4, 0.5) is 0 Å². The Morgan fingerprint density at radius 2 is 1.87 bits per heavy atom. The van der Waals surface area contributed by atoms with Crippen LogP contribution >= 0.6 is 0 Å². The fourth-order valence-electron chi connectivity index (χ4n) is 3.31. The van der Waals surface area contributed by atoms with E-state index in [-0.39, 0.29) is 17.8 Å². The molecule has 10 heteroatoms. The number of aryl methyl sites for hydroxylation is 1. The van der Waals surface area contributed by atoms with E-state index in [1.807, 2.05) is 6.92 Å². The molecule has 156 valence electrons. The Morgan fingerprint density at radius 1 is 1.07 bits per heavy atom. The molecule has 1 amide bonds. The first kappa shape index (κ1) is 19.9. The number of pyridine rings is 1. The van der Waals surface area contributed by atoms with E-state index >= 15 is 0 Å². The Hall–Kier alpha value is -3.40. The van der Waals surface area contributed by atoms with E-state index < -0.39 is 0 Å². The molecule has 0 N–H and O–H groups in total. The Labute approximate surface area is 173 Å². The van der Waals surface area contributed by atoms with Crippen LogP contribution in [0.25, 0.3) is 17.2 Å². The molecule has 0 aromatic carbocycles. The molecule has 0 bridgehead atoms. The minimum Gasteiger partial charge on any atom is -0.481 e. The van der Waals surface area contributed by atoms with Crippen LogP contribution < -0.4 is 4.74 Å². The average Bonchev–Trinajstić information content (AvgIpc) is 3.24. The Bertz CT molecular complexity index is 1010. The number of piperidine rings is 1. The van der Waals surface area contributed by atoms with Gasteiger partial charge in [-0.05, 0) is 25.8 Å². The lowest BCUT2D eigenvalue weighted by molar-refractivity contribution is 0.0344. The van der Waals surface area contributed by atoms with E-state index in [2.05, 4.69) is 25.0 Å². The van der Waals surface area contributed by atoms with Gasteiger partial charge in [0.25, 0.3) is 5.91 Å². The predicted molar refractivity (Wildman–Crippen MR) is 107 cm³/mol. The molecule has 1 aliphatic rings. The van der Waals surface area contributed by atoms with Crippen molar-refractivity contribution in [1.29, 1.82) is 0 Å². The van der Waals surface area contributed by atoms with Gasteiger partial charge in [-0.15, -0.1) is 5.10 Å². The van der Waals surface area contributed by atoms with Crippen LogP contribution in [0.5, 0.6) is 5.88 Å². The van der Waals surface area contributed by atoms with Crippen LogP contribution in [0.15, 0.2) is 30.7 Å². The maximum Gasteiger partial charge on any atom is 0.293 e. The molecule has 1 fully saturated rings. The molecule has 0 unspecified atom stereocenters. The quantitative estimate of drug-likeness (QED) is 0.626. The van der Waals surface area contributed by atoms with Crippen molar-refractivity contribution in [3.63, 3.8) is 0 Å². The van der Waals surface area contributed by atoms with E-state index in [0.29, 0.717) is 36.2 Å². The molecule has 0 spiro atoms. The Morgan fingerprint density at radius 3 is 2.47 bits per heavy atom. The van der Waals surface area contributed by atoms with Crippen LogP contribution in [0.1, 0.15) is 29.2 Å². The SMILES string of the molecule is COc1ccc(-n2nc(C(=O)N3CCC(OC)CC3)nc2-c2cnc(C)cn2)cn1. The molecule has 0 saturated carbocycles. The van der Waals surface area contributed by atoms with Gasteiger partial charge in [0.05, 0.1) is 37.0 Å². The highest BCUT2D eigenvalue weighted by Gasteiger charge is 2.28. The van der Waals surface area contributed by atoms with Gasteiger partial charge in [0.2, 0.25) is 11.7 Å². The number of methoxy groups -OCH3 is 2. The third kappa shape index (κ3) is 3.99. The summed E-state index contributed by atoms with van der Waals surface area (Å²) in [5, 5.41) is 4.48. The third-order valence-corrected chi connectivity index (χ3v) is 5.05. The van der Waals surface area contributed by atoms with Crippen molar-refractivity contribution in [2.75, 3.05) is 27.3 Å². The van der Waals surface area contributed by atoms with Crippen molar-refractivity contribution in [3.05, 3.63) is 42.2 Å². The first-order valence-electron chi connectivity index (χ1n) is 9.67. The second kappa shape index (κ2) is 8.54. The highest BCUT2D eigenvalue weighted by molar-refractivity contribution is 5.91. The smallest absolute Gasteiger partial charge is 0.293 e. The fourth-order valence-corrected chi connectivity index (χ4v) is 3.31. The van der Waals surface area contributed by atoms with Crippen molar-refractivity contribution in [3.8, 4) is 23.1 Å². The van der Waals surface area contributed by atoms with Crippen molar-refractivity contribution in [2.24, 2.45) is 0 Å². The monoisotopic (exact) mass is 409 g/mol. The maximum absolute atomic E-state index is 13.1. The van der Waals surface area contributed by atoms with E-state index in [4.69, 9.17) is 9.47 Å². The third-order valence-electron chi connectivity index (χ3n) is 5.05. The normalized spacial score (nSPS) is 14.7. The van der Waals surface area contributed by atoms with Crippen molar-refractivity contribution in [1.82, 2.24) is 34.6 Å². The second-order valence-electron chi connectivity index (χ2n) is 7.00. The lowest BCUT2D eigenvalue weighted by atomic mass is 10.1. The predicted octanol–water partition coefficient (Wildman–Crippen LogP) is 1.69. The van der Waals surface area contributed by atoms with E-state index in [9.17, 15) is 4.79 Å². The van der Waals surface area contributed by atoms with Gasteiger partial charge in [0.15, 0.2) is 5.82 Å². The molecular formula is C20H23N7O3. The van der Waals surface area contributed by atoms with Gasteiger partial charge in [-0.3, -0.25) is 9.78 Å². The molecular weight excluding hydrogens is 386 g/mol. The van der Waals surface area contributed by atoms with Gasteiger partial charge in [-0.2, -0.15) is 0 Å². The van der Waals surface area contributed by atoms with Crippen LogP contribution in [0.2, 0.25) is 0 Å². The number of carbonyl (C=O) groups excluding carboxylic acids is 1. The number of aromatic nitrogens is 6. The van der Waals surface area contributed by atoms with E-state index in [1.54, 1.807) is 54.5 Å². The summed E-state index contributed by atoms with van der Waals surface area (Å²) in [7, 11) is 3.25. The van der Waals surface area contributed by atoms with Gasteiger partial charge in [0.1, 0.15) is 5.69 Å². The van der Waals surface area contributed by atoms with Gasteiger partial charge in [-0.25, -0.2) is 19.6 Å². The summed E-state index contributed by atoms with van der Waals surface area (Å²) >= 11 is 0. The first-order valence-corrected chi connectivity index (χ1v) is 9.67. The highest BCUT2D eigenvalue weighted by atomic mass is 16.5. The van der Waals surface area contributed by atoms with Gasteiger partial charge < -0.3 is 14.4 Å². The summed E-state index contributed by atoms with van der Waals surface area (Å²) in [5.74, 6) is 0.794. The summed E-state index contributed by atoms with van der Waals surface area (Å²) < 4.78 is 12.1. The molecule has 0 atom stereocenters. The maximum atomic E-state index is 13.1. The molecule has 4 heterocycles. The van der Waals surface area contributed by atoms with Crippen LogP contribution in [0, 0.1) is 6.92 Å². The summed E-state index contributed by atoms with van der Waals surface area (Å²) in [6.07, 6.45) is 6.64. The number of rotatable bonds is 5. The lowest BCUT2D eigenvalue weighted by Gasteiger charge is -2.30. The largest absolute Gasteiger partial charge is 0.481 e. The number of likely N-dealkylation sites (tertiary alicyclic amines) is 1. The molecule has 1 saturated heterocycles. The summed E-state index contributed by atoms with van der Waals surface area (Å²) in [4.78, 5) is 32.2. The minimum absolute atomic E-state index is 0.110. The molecule has 0 aliphatic carbocycles. The molecule has 0 radical (unpaired) electrons. The molecule has 3 aromatic heterocycles. The van der Waals surface area contributed by atoms with Crippen molar-refractivity contribution >= 4 is 5.91 Å². The molecule has 3 aromatic rings. The molecule has 10 nitrogen and oxygen atoms in total. The number of ether oxygens (including phenoxy) is 2. The van der Waals surface area contributed by atoms with Crippen molar-refractivity contribution in [2.45, 2.75) is 25.9 Å². The standard InChI is InChI=1S/C20H23N7O3/c1-13-10-22-16(12-21-13)19-24-18(20(28)26-8-6-15(29-2)7-9-26)25-27(19)14-4-5-17(30-3)23-11-14/h4-5,10-12,15H,6-9H2,1-3H3. The lowest BCUT2D eigenvalue weighted by Crippen LogP contribution is -2.41. The van der Waals surface area contributed by atoms with E-state index in [0.717, 1.165) is 18.5 Å².